The van der Waals surface area contributed by atoms with Gasteiger partial charge in [-0.25, -0.2) is 18.1 Å². The van der Waals surface area contributed by atoms with Gasteiger partial charge < -0.3 is 0 Å². The molecule has 0 saturated heterocycles. The number of hydrogen-bond donors (Lipinski definition) is 1. The molecule has 0 aliphatic heterocycles. The summed E-state index contributed by atoms with van der Waals surface area (Å²) in [6.45, 7) is 2.41. The first kappa shape index (κ1) is 15.2. The van der Waals surface area contributed by atoms with Crippen LogP contribution in [-0.2, 0) is 22.2 Å². The number of aryl methyl sites for hydroxylation is 2. The van der Waals surface area contributed by atoms with E-state index in [2.05, 4.69) is 9.71 Å². The highest BCUT2D eigenvalue weighted by atomic mass is 32.2. The molecule has 0 amide bonds. The zero-order valence-corrected chi connectivity index (χ0v) is 13.0. The number of nitrogens with zero attached hydrogens (tertiary/aromatic N) is 1. The average molecular weight is 310 g/mol. The molecule has 0 aliphatic carbocycles. The third-order valence-electron chi connectivity index (χ3n) is 2.76. The standard InChI is InChI=1S/C14H18N2O2S2/c1-12-10-19-14(16-12)8-5-9-15-20(17,18)11-13-6-3-2-4-7-13/h2-4,6-7,10,15H,5,8-9,11H2,1H3. The maximum atomic E-state index is 11.9. The lowest BCUT2D eigenvalue weighted by atomic mass is 10.2. The lowest BCUT2D eigenvalue weighted by Gasteiger charge is -2.06. The van der Waals surface area contributed by atoms with Crippen molar-refractivity contribution in [2.24, 2.45) is 0 Å². The summed E-state index contributed by atoms with van der Waals surface area (Å²) < 4.78 is 26.4. The molecule has 0 radical (unpaired) electrons. The number of benzene rings is 1. The Hall–Kier alpha value is -1.24. The van der Waals surface area contributed by atoms with E-state index in [1.165, 1.54) is 0 Å². The SMILES string of the molecule is Cc1csc(CCCNS(=O)(=O)Cc2ccccc2)n1. The lowest BCUT2D eigenvalue weighted by molar-refractivity contribution is 0.578. The van der Waals surface area contributed by atoms with Crippen LogP contribution in [0.3, 0.4) is 0 Å². The Morgan fingerprint density at radius 1 is 1.25 bits per heavy atom. The second-order valence-electron chi connectivity index (χ2n) is 4.63. The van der Waals surface area contributed by atoms with Crippen LogP contribution in [0, 0.1) is 6.92 Å². The van der Waals surface area contributed by atoms with E-state index in [0.29, 0.717) is 6.54 Å². The van der Waals surface area contributed by atoms with Crippen molar-refractivity contribution in [1.29, 1.82) is 0 Å². The van der Waals surface area contributed by atoms with E-state index in [-0.39, 0.29) is 5.75 Å². The van der Waals surface area contributed by atoms with E-state index in [1.807, 2.05) is 42.6 Å². The zero-order chi connectivity index (χ0) is 14.4. The van der Waals surface area contributed by atoms with E-state index in [0.717, 1.165) is 29.1 Å². The molecule has 1 aromatic carbocycles. The van der Waals surface area contributed by atoms with Crippen molar-refractivity contribution in [1.82, 2.24) is 9.71 Å². The van der Waals surface area contributed by atoms with Gasteiger partial charge in [0.05, 0.1) is 10.8 Å². The molecule has 0 bridgehead atoms. The summed E-state index contributed by atoms with van der Waals surface area (Å²) in [5, 5.41) is 3.07. The monoisotopic (exact) mass is 310 g/mol. The summed E-state index contributed by atoms with van der Waals surface area (Å²) in [5.74, 6) is 0.0319. The summed E-state index contributed by atoms with van der Waals surface area (Å²) in [7, 11) is -3.25. The normalized spacial score (nSPS) is 11.7. The molecule has 0 fully saturated rings. The van der Waals surface area contributed by atoms with Crippen LogP contribution in [0.2, 0.25) is 0 Å². The third-order valence-corrected chi connectivity index (χ3v) is 5.14. The number of nitrogens with one attached hydrogen (secondary N) is 1. The predicted molar refractivity (Wildman–Crippen MR) is 82.2 cm³/mol. The third kappa shape index (κ3) is 5.03. The van der Waals surface area contributed by atoms with Crippen molar-refractivity contribution in [3.05, 3.63) is 52.0 Å². The van der Waals surface area contributed by atoms with E-state index in [4.69, 9.17) is 0 Å². The molecule has 20 heavy (non-hydrogen) atoms. The van der Waals surface area contributed by atoms with Crippen LogP contribution in [0.15, 0.2) is 35.7 Å². The molecule has 0 atom stereocenters. The predicted octanol–water partition coefficient (Wildman–Crippen LogP) is 2.50. The summed E-state index contributed by atoms with van der Waals surface area (Å²) in [5.41, 5.74) is 1.82. The van der Waals surface area contributed by atoms with E-state index in [1.54, 1.807) is 11.3 Å². The molecule has 1 N–H and O–H groups in total. The fourth-order valence-corrected chi connectivity index (χ4v) is 3.84. The highest BCUT2D eigenvalue weighted by Crippen LogP contribution is 2.10. The van der Waals surface area contributed by atoms with Gasteiger partial charge in [0, 0.05) is 24.0 Å². The molecular formula is C14H18N2O2S2. The fourth-order valence-electron chi connectivity index (χ4n) is 1.83. The van der Waals surface area contributed by atoms with Gasteiger partial charge >= 0.3 is 0 Å². The van der Waals surface area contributed by atoms with Gasteiger partial charge in [-0.05, 0) is 18.9 Å². The van der Waals surface area contributed by atoms with E-state index >= 15 is 0 Å². The van der Waals surface area contributed by atoms with Crippen molar-refractivity contribution in [2.45, 2.75) is 25.5 Å². The lowest BCUT2D eigenvalue weighted by Crippen LogP contribution is -2.26. The number of thiazole rings is 1. The number of sulfonamides is 1. The minimum atomic E-state index is -3.25. The van der Waals surface area contributed by atoms with Crippen LogP contribution in [0.25, 0.3) is 0 Å². The smallest absolute Gasteiger partial charge is 0.215 e. The first-order valence-corrected chi connectivity index (χ1v) is 9.01. The van der Waals surface area contributed by atoms with Gasteiger partial charge in [0.1, 0.15) is 0 Å². The average Bonchev–Trinajstić information content (AvgIpc) is 2.81. The molecule has 6 heteroatoms. The van der Waals surface area contributed by atoms with Crippen LogP contribution < -0.4 is 4.72 Å². The minimum Gasteiger partial charge on any atom is -0.247 e. The minimum absolute atomic E-state index is 0.0319. The number of aromatic nitrogens is 1. The van der Waals surface area contributed by atoms with Gasteiger partial charge in [0.2, 0.25) is 10.0 Å². The van der Waals surface area contributed by atoms with Crippen LogP contribution >= 0.6 is 11.3 Å². The molecule has 2 rings (SSSR count). The summed E-state index contributed by atoms with van der Waals surface area (Å²) in [4.78, 5) is 4.35. The Morgan fingerprint density at radius 3 is 2.65 bits per heavy atom. The molecule has 0 unspecified atom stereocenters. The molecule has 1 aromatic heterocycles. The maximum absolute atomic E-state index is 11.9. The van der Waals surface area contributed by atoms with Crippen LogP contribution in [-0.4, -0.2) is 19.9 Å². The summed E-state index contributed by atoms with van der Waals surface area (Å²) >= 11 is 1.62. The number of rotatable bonds is 7. The molecule has 108 valence electrons. The van der Waals surface area contributed by atoms with Crippen molar-refractivity contribution in [2.75, 3.05) is 6.54 Å². The van der Waals surface area contributed by atoms with Crippen molar-refractivity contribution < 1.29 is 8.42 Å². The Labute approximate surface area is 123 Å². The van der Waals surface area contributed by atoms with Gasteiger partial charge in [0.15, 0.2) is 0 Å². The highest BCUT2D eigenvalue weighted by Gasteiger charge is 2.10. The van der Waals surface area contributed by atoms with E-state index < -0.39 is 10.0 Å². The van der Waals surface area contributed by atoms with Crippen molar-refractivity contribution in [3.63, 3.8) is 0 Å². The Kier molecular flexibility index (Phi) is 5.28. The summed E-state index contributed by atoms with van der Waals surface area (Å²) in [6.07, 6.45) is 1.58. The van der Waals surface area contributed by atoms with Crippen molar-refractivity contribution >= 4 is 21.4 Å². The summed E-state index contributed by atoms with van der Waals surface area (Å²) in [6, 6.07) is 9.19. The van der Waals surface area contributed by atoms with Gasteiger partial charge in [-0.2, -0.15) is 0 Å². The second-order valence-corrected chi connectivity index (χ2v) is 7.37. The largest absolute Gasteiger partial charge is 0.247 e. The molecule has 0 saturated carbocycles. The topological polar surface area (TPSA) is 59.1 Å². The Balaban J connectivity index is 1.75. The number of hydrogen-bond acceptors (Lipinski definition) is 4. The first-order valence-electron chi connectivity index (χ1n) is 6.47. The van der Waals surface area contributed by atoms with Crippen LogP contribution in [0.5, 0.6) is 0 Å². The highest BCUT2D eigenvalue weighted by molar-refractivity contribution is 7.88. The van der Waals surface area contributed by atoms with Gasteiger partial charge in [-0.1, -0.05) is 30.3 Å². The fraction of sp³-hybridized carbons (Fsp3) is 0.357. The molecule has 0 aliphatic rings. The van der Waals surface area contributed by atoms with Crippen LogP contribution in [0.4, 0.5) is 0 Å². The second kappa shape index (κ2) is 6.97. The van der Waals surface area contributed by atoms with Gasteiger partial charge in [0.25, 0.3) is 0 Å². The van der Waals surface area contributed by atoms with Crippen LogP contribution in [0.1, 0.15) is 22.7 Å². The molecule has 2 aromatic rings. The molecular weight excluding hydrogens is 292 g/mol. The zero-order valence-electron chi connectivity index (χ0n) is 11.4. The molecule has 4 nitrogen and oxygen atoms in total. The quantitative estimate of drug-likeness (QED) is 0.799. The van der Waals surface area contributed by atoms with Gasteiger partial charge in [-0.3, -0.25) is 0 Å². The molecule has 0 spiro atoms. The Morgan fingerprint density at radius 2 is 2.00 bits per heavy atom. The first-order chi connectivity index (χ1) is 9.55. The molecule has 1 heterocycles. The van der Waals surface area contributed by atoms with Gasteiger partial charge in [-0.15, -0.1) is 11.3 Å². The van der Waals surface area contributed by atoms with Crippen molar-refractivity contribution in [3.8, 4) is 0 Å². The van der Waals surface area contributed by atoms with E-state index in [9.17, 15) is 8.42 Å². The maximum Gasteiger partial charge on any atom is 0.215 e. The Bertz CT molecular complexity index is 636.